The summed E-state index contributed by atoms with van der Waals surface area (Å²) in [5.74, 6) is -3.29. The number of ether oxygens (including phenoxy) is 4. The second-order valence-corrected chi connectivity index (χ2v) is 21.8. The summed E-state index contributed by atoms with van der Waals surface area (Å²) in [7, 11) is 0. The van der Waals surface area contributed by atoms with Crippen LogP contribution in [0.2, 0.25) is 0 Å². The molecule has 2 aromatic rings. The molecule has 1 aliphatic carbocycles. The van der Waals surface area contributed by atoms with E-state index in [9.17, 15) is 53.1 Å². The van der Waals surface area contributed by atoms with Crippen LogP contribution < -0.4 is 59.3 Å². The van der Waals surface area contributed by atoms with E-state index in [1.54, 1.807) is 6.07 Å². The molecule has 0 fully saturated rings. The van der Waals surface area contributed by atoms with Crippen LogP contribution in [0.1, 0.15) is 127 Å². The summed E-state index contributed by atoms with van der Waals surface area (Å²) < 4.78 is 21.8. The van der Waals surface area contributed by atoms with E-state index in [-0.39, 0.29) is 172 Å². The molecule has 1 unspecified atom stereocenters. The molecule has 0 aliphatic heterocycles. The molecule has 498 valence electrons. The number of rotatable bonds is 49. The number of fused-ring (bicyclic) bond motifs is 1. The first-order valence-corrected chi connectivity index (χ1v) is 31.3. The quantitative estimate of drug-likeness (QED) is 0.0399. The van der Waals surface area contributed by atoms with E-state index < -0.39 is 35.8 Å². The van der Waals surface area contributed by atoms with Gasteiger partial charge in [-0.15, -0.1) is 0 Å². The molecule has 0 bridgehead atoms. The highest BCUT2D eigenvalue weighted by Gasteiger charge is 2.26. The molecule has 0 spiro atoms. The minimum atomic E-state index is -0.963. The zero-order valence-corrected chi connectivity index (χ0v) is 52.4. The van der Waals surface area contributed by atoms with Gasteiger partial charge in [-0.05, 0) is 118 Å². The number of carbonyl (C=O) groups is 10. The van der Waals surface area contributed by atoms with Gasteiger partial charge in [0.2, 0.25) is 59.1 Å². The summed E-state index contributed by atoms with van der Waals surface area (Å²) in [5, 5.41) is 34.6. The number of phenolic OH excluding ortho intramolecular Hbond substituents is 1. The average Bonchev–Trinajstić information content (AvgIpc) is 1.66. The van der Waals surface area contributed by atoms with Crippen molar-refractivity contribution in [2.75, 3.05) is 111 Å². The summed E-state index contributed by atoms with van der Waals surface area (Å²) in [6.07, 6.45) is 7.50. The smallest absolute Gasteiger partial charge is 0.242 e. The van der Waals surface area contributed by atoms with Gasteiger partial charge in [0.1, 0.15) is 17.8 Å². The number of anilines is 1. The molecule has 10 amide bonds. The Morgan fingerprint density at radius 1 is 0.562 bits per heavy atom. The van der Waals surface area contributed by atoms with Gasteiger partial charge in [-0.3, -0.25) is 52.8 Å². The number of nitrogens with zero attached hydrogens (tertiary/aromatic N) is 1. The molecule has 0 radical (unpaired) electrons. The number of nitrogens with two attached hydrogens (primary N) is 2. The number of unbranched alkanes of at least 4 members (excludes halogenated alkanes) is 2. The van der Waals surface area contributed by atoms with Crippen LogP contribution in [0.4, 0.5) is 5.69 Å². The predicted octanol–water partition coefficient (Wildman–Crippen LogP) is 0.409. The van der Waals surface area contributed by atoms with Crippen LogP contribution in [-0.4, -0.2) is 198 Å². The van der Waals surface area contributed by atoms with Crippen LogP contribution in [0.25, 0.3) is 0 Å². The van der Waals surface area contributed by atoms with Gasteiger partial charge < -0.3 is 83.4 Å². The van der Waals surface area contributed by atoms with Gasteiger partial charge in [-0.1, -0.05) is 31.2 Å². The van der Waals surface area contributed by atoms with Crippen molar-refractivity contribution >= 4 is 64.8 Å². The summed E-state index contributed by atoms with van der Waals surface area (Å²) in [6.45, 7) is 10.4. The molecule has 89 heavy (non-hydrogen) atoms. The lowest BCUT2D eigenvalue weighted by Crippen LogP contribution is -2.46. The standard InChI is InChI=1S/C62H100N12O15/c1-4-33-74(49-18-19-50-47(43-49)10-9-13-54(50)77)34-26-46-14-16-48(17-15-46)72-58(81)21-20-51(63)61(84)69-28-8-5-11-52(60(64)83)73-59(82)25-24-57(80)68-31-37-87-40-39-86-35-29-66-55(78)22-23-56(79)67-30-36-88-41-42-89-38-32-70-62(85)53(71-45(3)76)12-6-7-27-65-44(2)75/h9-10,13-17,49,51-53,77H,4-8,11-12,18-43,63H2,1-3H3,(H2,64,83)(H,65,75)(H,66,78)(H,67,79)(H,68,80)(H,69,84)(H,70,85)(H,71,76)(H,72,81)(H,73,82)/t49?,51-,52-,53-/m0/s1. The van der Waals surface area contributed by atoms with Crippen molar-refractivity contribution in [2.24, 2.45) is 11.5 Å². The second-order valence-electron chi connectivity index (χ2n) is 21.8. The van der Waals surface area contributed by atoms with Crippen LogP contribution >= 0.6 is 0 Å². The number of phenols is 1. The molecular formula is C62H100N12O15. The van der Waals surface area contributed by atoms with E-state index in [2.05, 4.69) is 65.7 Å². The molecule has 4 atom stereocenters. The first-order chi connectivity index (χ1) is 42.8. The maximum Gasteiger partial charge on any atom is 0.242 e. The molecule has 27 nitrogen and oxygen atoms in total. The molecule has 0 saturated carbocycles. The van der Waals surface area contributed by atoms with E-state index in [1.807, 2.05) is 30.3 Å². The van der Waals surface area contributed by atoms with E-state index in [1.165, 1.54) is 19.4 Å². The number of hydrogen-bond acceptors (Lipinski definition) is 17. The number of aromatic hydroxyl groups is 1. The lowest BCUT2D eigenvalue weighted by molar-refractivity contribution is -0.129. The van der Waals surface area contributed by atoms with E-state index in [0.717, 1.165) is 56.3 Å². The first-order valence-electron chi connectivity index (χ1n) is 31.3. The van der Waals surface area contributed by atoms with Gasteiger partial charge in [0.25, 0.3) is 0 Å². The zero-order valence-electron chi connectivity index (χ0n) is 52.4. The van der Waals surface area contributed by atoms with Crippen molar-refractivity contribution in [3.63, 3.8) is 0 Å². The largest absolute Gasteiger partial charge is 0.508 e. The highest BCUT2D eigenvalue weighted by molar-refractivity contribution is 5.92. The Labute approximate surface area is 523 Å². The molecule has 27 heteroatoms. The molecule has 1 aliphatic rings. The molecule has 0 aromatic heterocycles. The highest BCUT2D eigenvalue weighted by Crippen LogP contribution is 2.31. The Bertz CT molecular complexity index is 2490. The third kappa shape index (κ3) is 35.5. The van der Waals surface area contributed by atoms with Gasteiger partial charge in [-0.2, -0.15) is 0 Å². The van der Waals surface area contributed by atoms with E-state index in [0.29, 0.717) is 56.1 Å². The van der Waals surface area contributed by atoms with Gasteiger partial charge in [0.15, 0.2) is 0 Å². The summed E-state index contributed by atoms with van der Waals surface area (Å²) in [4.78, 5) is 124. The van der Waals surface area contributed by atoms with Crippen LogP contribution in [0.15, 0.2) is 42.5 Å². The highest BCUT2D eigenvalue weighted by atomic mass is 16.5. The Morgan fingerprint density at radius 3 is 1.63 bits per heavy atom. The topological polar surface area (TPSA) is 391 Å². The third-order valence-electron chi connectivity index (χ3n) is 14.4. The summed E-state index contributed by atoms with van der Waals surface area (Å²) >= 11 is 0. The number of hydrogen-bond donors (Lipinski definition) is 12. The third-order valence-corrected chi connectivity index (χ3v) is 14.4. The fraction of sp³-hybridized carbons (Fsp3) is 0.645. The Hall–Kier alpha value is -7.30. The summed E-state index contributed by atoms with van der Waals surface area (Å²) in [5.41, 5.74) is 15.7. The van der Waals surface area contributed by atoms with Crippen molar-refractivity contribution in [1.29, 1.82) is 0 Å². The van der Waals surface area contributed by atoms with Crippen molar-refractivity contribution in [2.45, 2.75) is 154 Å². The molecule has 0 saturated heterocycles. The fourth-order valence-electron chi connectivity index (χ4n) is 9.65. The number of primary amides is 1. The normalized spacial score (nSPS) is 13.6. The number of benzene rings is 2. The van der Waals surface area contributed by atoms with Gasteiger partial charge in [-0.25, -0.2) is 0 Å². The zero-order chi connectivity index (χ0) is 65.0. The predicted molar refractivity (Wildman–Crippen MR) is 334 cm³/mol. The van der Waals surface area contributed by atoms with Gasteiger partial charge in [0.05, 0.1) is 58.9 Å². The van der Waals surface area contributed by atoms with Crippen LogP contribution in [-0.2, 0) is 86.2 Å². The van der Waals surface area contributed by atoms with E-state index in [4.69, 9.17) is 30.4 Å². The van der Waals surface area contributed by atoms with Crippen LogP contribution in [0.5, 0.6) is 5.75 Å². The van der Waals surface area contributed by atoms with E-state index >= 15 is 0 Å². The fourth-order valence-corrected chi connectivity index (χ4v) is 9.65. The molecule has 3 rings (SSSR count). The monoisotopic (exact) mass is 1250 g/mol. The van der Waals surface area contributed by atoms with Crippen molar-refractivity contribution in [1.82, 2.24) is 47.4 Å². The lowest BCUT2D eigenvalue weighted by Gasteiger charge is -2.35. The Balaban J connectivity index is 1.10. The minimum absolute atomic E-state index is 0.00456. The molecule has 14 N–H and O–H groups in total. The second kappa shape index (κ2) is 45.9. The van der Waals surface area contributed by atoms with Gasteiger partial charge in [0, 0.05) is 103 Å². The molecule has 0 heterocycles. The Kier molecular flexibility index (Phi) is 39.2. The lowest BCUT2D eigenvalue weighted by atomic mass is 9.86. The minimum Gasteiger partial charge on any atom is -0.508 e. The number of amides is 10. The Morgan fingerprint density at radius 2 is 1.09 bits per heavy atom. The number of nitrogens with one attached hydrogen (secondary N) is 9. The first kappa shape index (κ1) is 75.9. The molecule has 2 aromatic carbocycles. The average molecular weight is 1250 g/mol. The van der Waals surface area contributed by atoms with Crippen molar-refractivity contribution in [3.05, 3.63) is 59.2 Å². The van der Waals surface area contributed by atoms with Crippen LogP contribution in [0, 0.1) is 0 Å². The van der Waals surface area contributed by atoms with Gasteiger partial charge >= 0.3 is 0 Å². The molecular weight excluding hydrogens is 1150 g/mol. The van der Waals surface area contributed by atoms with Crippen molar-refractivity contribution < 1.29 is 72.0 Å². The van der Waals surface area contributed by atoms with Crippen LogP contribution in [0.3, 0.4) is 0 Å². The summed E-state index contributed by atoms with van der Waals surface area (Å²) in [6, 6.07) is 11.5. The van der Waals surface area contributed by atoms with Crippen molar-refractivity contribution in [3.8, 4) is 5.75 Å². The maximum absolute atomic E-state index is 12.7. The SMILES string of the molecule is CCCN(CCc1ccc(NC(=O)CC[C@H](N)C(=O)NCCCC[C@H](NC(=O)CCC(=O)NCCOCCOCCNC(=O)CCC(=O)NCCOCCOCCNC(=O)[C@H](CCCCNC(C)=O)NC(C)=O)C(N)=O)cc1)C1CCc2c(O)cccc2C1. The number of carbonyl (C=O) groups excluding carboxylic acids is 10. The maximum atomic E-state index is 12.7.